The summed E-state index contributed by atoms with van der Waals surface area (Å²) in [6.07, 6.45) is 2.78. The molecule has 0 saturated carbocycles. The quantitative estimate of drug-likeness (QED) is 0.499. The van der Waals surface area contributed by atoms with Crippen LogP contribution in [0.5, 0.6) is 0 Å². The van der Waals surface area contributed by atoms with Gasteiger partial charge in [0.15, 0.2) is 0 Å². The van der Waals surface area contributed by atoms with Gasteiger partial charge in [0, 0.05) is 34.4 Å². The van der Waals surface area contributed by atoms with Gasteiger partial charge in [0.05, 0.1) is 17.5 Å². The summed E-state index contributed by atoms with van der Waals surface area (Å²) >= 11 is 1.25. The van der Waals surface area contributed by atoms with Crippen molar-refractivity contribution in [1.82, 2.24) is 9.97 Å². The summed E-state index contributed by atoms with van der Waals surface area (Å²) in [6.45, 7) is 3.51. The second kappa shape index (κ2) is 6.61. The lowest BCUT2D eigenvalue weighted by molar-refractivity contribution is 0.103. The summed E-state index contributed by atoms with van der Waals surface area (Å²) in [7, 11) is 0. The predicted octanol–water partition coefficient (Wildman–Crippen LogP) is 4.04. The zero-order valence-corrected chi connectivity index (χ0v) is 15.7. The summed E-state index contributed by atoms with van der Waals surface area (Å²) in [5.41, 5.74) is 8.73. The van der Waals surface area contributed by atoms with E-state index in [-0.39, 0.29) is 5.91 Å². The van der Waals surface area contributed by atoms with E-state index in [4.69, 9.17) is 5.73 Å². The molecule has 0 fully saturated rings. The Morgan fingerprint density at radius 1 is 1.30 bits per heavy atom. The lowest BCUT2D eigenvalue weighted by Crippen LogP contribution is -2.12. The van der Waals surface area contributed by atoms with Gasteiger partial charge in [-0.05, 0) is 37.4 Å². The maximum absolute atomic E-state index is 12.9. The SMILES string of the molecule is Cc1nc2sc(C(=O)Nc3cccc4ccncc34)c(N)c2cc1C(C)O. The lowest BCUT2D eigenvalue weighted by atomic mass is 10.1. The molecule has 1 amide bonds. The molecule has 0 spiro atoms. The zero-order chi connectivity index (χ0) is 19.1. The van der Waals surface area contributed by atoms with Gasteiger partial charge in [0.1, 0.15) is 9.71 Å². The van der Waals surface area contributed by atoms with Crippen molar-refractivity contribution in [3.05, 3.63) is 58.9 Å². The standard InChI is InChI=1S/C20H18N4O2S/c1-10-13(11(2)25)8-14-17(21)18(27-20(14)23-10)19(26)24-16-5-3-4-12-6-7-22-9-15(12)16/h3-9,11,25H,21H2,1-2H3,(H,24,26). The van der Waals surface area contributed by atoms with Gasteiger partial charge in [-0.2, -0.15) is 0 Å². The van der Waals surface area contributed by atoms with E-state index < -0.39 is 6.10 Å². The van der Waals surface area contributed by atoms with Gasteiger partial charge in [-0.15, -0.1) is 11.3 Å². The number of aliphatic hydroxyl groups excluding tert-OH is 1. The predicted molar refractivity (Wildman–Crippen MR) is 109 cm³/mol. The number of nitrogens with two attached hydrogens (primary N) is 1. The Balaban J connectivity index is 1.75. The van der Waals surface area contributed by atoms with E-state index >= 15 is 0 Å². The molecule has 4 aromatic rings. The highest BCUT2D eigenvalue weighted by Crippen LogP contribution is 2.35. The van der Waals surface area contributed by atoms with Crippen LogP contribution in [0.1, 0.15) is 34.0 Å². The van der Waals surface area contributed by atoms with Crippen molar-refractivity contribution >= 4 is 49.6 Å². The van der Waals surface area contributed by atoms with Crippen LogP contribution >= 0.6 is 11.3 Å². The molecule has 6 nitrogen and oxygen atoms in total. The number of carbonyl (C=O) groups excluding carboxylic acids is 1. The van der Waals surface area contributed by atoms with Gasteiger partial charge in [0.25, 0.3) is 5.91 Å². The fourth-order valence-corrected chi connectivity index (χ4v) is 4.15. The van der Waals surface area contributed by atoms with Crippen molar-refractivity contribution in [3.8, 4) is 0 Å². The van der Waals surface area contributed by atoms with Crippen LogP contribution in [0.2, 0.25) is 0 Å². The van der Waals surface area contributed by atoms with Crippen LogP contribution in [-0.2, 0) is 0 Å². The molecule has 1 aromatic carbocycles. The van der Waals surface area contributed by atoms with Crippen LogP contribution in [0.25, 0.3) is 21.0 Å². The molecule has 27 heavy (non-hydrogen) atoms. The highest BCUT2D eigenvalue weighted by Gasteiger charge is 2.20. The molecule has 4 rings (SSSR count). The topological polar surface area (TPSA) is 101 Å². The Bertz CT molecular complexity index is 1180. The van der Waals surface area contributed by atoms with Crippen molar-refractivity contribution < 1.29 is 9.90 Å². The molecule has 3 heterocycles. The molecule has 4 N–H and O–H groups in total. The summed E-state index contributed by atoms with van der Waals surface area (Å²) in [6, 6.07) is 9.38. The number of anilines is 2. The number of fused-ring (bicyclic) bond motifs is 2. The van der Waals surface area contributed by atoms with Crippen molar-refractivity contribution in [2.75, 3.05) is 11.1 Å². The van der Waals surface area contributed by atoms with E-state index in [9.17, 15) is 9.90 Å². The molecule has 136 valence electrons. The minimum atomic E-state index is -0.651. The van der Waals surface area contributed by atoms with Crippen molar-refractivity contribution in [1.29, 1.82) is 0 Å². The number of pyridine rings is 2. The average molecular weight is 378 g/mol. The zero-order valence-electron chi connectivity index (χ0n) is 14.9. The van der Waals surface area contributed by atoms with Gasteiger partial charge in [0.2, 0.25) is 0 Å². The van der Waals surface area contributed by atoms with E-state index in [1.807, 2.05) is 37.3 Å². The number of hydrogen-bond donors (Lipinski definition) is 3. The van der Waals surface area contributed by atoms with Crippen LogP contribution in [-0.4, -0.2) is 21.0 Å². The molecular weight excluding hydrogens is 360 g/mol. The fourth-order valence-electron chi connectivity index (χ4n) is 3.14. The number of nitrogens with zero attached hydrogens (tertiary/aromatic N) is 2. The van der Waals surface area contributed by atoms with Gasteiger partial charge < -0.3 is 16.2 Å². The van der Waals surface area contributed by atoms with E-state index in [0.29, 0.717) is 32.0 Å². The summed E-state index contributed by atoms with van der Waals surface area (Å²) < 4.78 is 0. The van der Waals surface area contributed by atoms with Gasteiger partial charge in [-0.1, -0.05) is 12.1 Å². The van der Waals surface area contributed by atoms with Crippen molar-refractivity contribution in [2.45, 2.75) is 20.0 Å². The second-order valence-electron chi connectivity index (χ2n) is 6.39. The Kier molecular flexibility index (Phi) is 4.25. The largest absolute Gasteiger partial charge is 0.397 e. The van der Waals surface area contributed by atoms with Gasteiger partial charge in [-0.25, -0.2) is 4.98 Å². The number of nitrogen functional groups attached to an aromatic ring is 1. The normalized spacial score (nSPS) is 12.4. The lowest BCUT2D eigenvalue weighted by Gasteiger charge is -2.08. The highest BCUT2D eigenvalue weighted by atomic mass is 32.1. The first-order valence-corrected chi connectivity index (χ1v) is 9.29. The summed E-state index contributed by atoms with van der Waals surface area (Å²) in [5.74, 6) is -0.289. The van der Waals surface area contributed by atoms with Crippen molar-refractivity contribution in [2.24, 2.45) is 0 Å². The Morgan fingerprint density at radius 2 is 2.11 bits per heavy atom. The molecule has 3 aromatic heterocycles. The van der Waals surface area contributed by atoms with Crippen LogP contribution in [0.15, 0.2) is 42.7 Å². The first-order valence-electron chi connectivity index (χ1n) is 8.47. The van der Waals surface area contributed by atoms with Crippen LogP contribution in [0.3, 0.4) is 0 Å². The first kappa shape index (κ1) is 17.4. The van der Waals surface area contributed by atoms with Gasteiger partial charge >= 0.3 is 0 Å². The average Bonchev–Trinajstić information content (AvgIpc) is 2.97. The maximum Gasteiger partial charge on any atom is 0.267 e. The minimum Gasteiger partial charge on any atom is -0.397 e. The van der Waals surface area contributed by atoms with E-state index in [1.54, 1.807) is 19.3 Å². The third-order valence-corrected chi connectivity index (χ3v) is 5.65. The number of benzene rings is 1. The van der Waals surface area contributed by atoms with E-state index in [1.165, 1.54) is 11.3 Å². The first-order chi connectivity index (χ1) is 13.0. The Hall–Kier alpha value is -3.03. The smallest absolute Gasteiger partial charge is 0.267 e. The third-order valence-electron chi connectivity index (χ3n) is 4.54. The van der Waals surface area contributed by atoms with Gasteiger partial charge in [-0.3, -0.25) is 9.78 Å². The number of amides is 1. The molecule has 0 aliphatic carbocycles. The fraction of sp³-hybridized carbons (Fsp3) is 0.150. The monoisotopic (exact) mass is 378 g/mol. The van der Waals surface area contributed by atoms with Crippen LogP contribution in [0.4, 0.5) is 11.4 Å². The number of nitrogens with one attached hydrogen (secondary N) is 1. The summed E-state index contributed by atoms with van der Waals surface area (Å²) in [5, 5.41) is 15.4. The number of aromatic nitrogens is 2. The molecule has 7 heteroatoms. The van der Waals surface area contributed by atoms with E-state index in [2.05, 4.69) is 15.3 Å². The number of aliphatic hydroxyl groups is 1. The summed E-state index contributed by atoms with van der Waals surface area (Å²) in [4.78, 5) is 22.6. The number of aryl methyl sites for hydroxylation is 1. The maximum atomic E-state index is 12.9. The van der Waals surface area contributed by atoms with Crippen LogP contribution < -0.4 is 11.1 Å². The molecule has 0 aliphatic rings. The molecular formula is C20H18N4O2S. The molecule has 1 atom stereocenters. The highest BCUT2D eigenvalue weighted by molar-refractivity contribution is 7.21. The number of rotatable bonds is 3. The third kappa shape index (κ3) is 3.01. The molecule has 0 saturated heterocycles. The van der Waals surface area contributed by atoms with Crippen molar-refractivity contribution in [3.63, 3.8) is 0 Å². The second-order valence-corrected chi connectivity index (χ2v) is 7.39. The number of carbonyl (C=O) groups is 1. The Labute approximate surface area is 159 Å². The molecule has 0 bridgehead atoms. The number of hydrogen-bond acceptors (Lipinski definition) is 6. The minimum absolute atomic E-state index is 0.289. The Morgan fingerprint density at radius 3 is 2.89 bits per heavy atom. The molecule has 1 unspecified atom stereocenters. The number of thiophene rings is 1. The molecule has 0 aliphatic heterocycles. The van der Waals surface area contributed by atoms with E-state index in [0.717, 1.165) is 16.5 Å². The van der Waals surface area contributed by atoms with Crippen LogP contribution in [0, 0.1) is 6.92 Å². The molecule has 0 radical (unpaired) electrons.